The number of aryl methyl sites for hydroxylation is 1. The predicted molar refractivity (Wildman–Crippen MR) is 110 cm³/mol. The summed E-state index contributed by atoms with van der Waals surface area (Å²) in [6.45, 7) is 1.85. The number of hydrogen-bond donors (Lipinski definition) is 0. The van der Waals surface area contributed by atoms with Gasteiger partial charge in [-0.2, -0.15) is 0 Å². The molecule has 3 aromatic carbocycles. The molecule has 0 bridgehead atoms. The topological polar surface area (TPSA) is 48.7 Å². The van der Waals surface area contributed by atoms with Crippen LogP contribution in [0.4, 0.5) is 4.39 Å². The van der Waals surface area contributed by atoms with Gasteiger partial charge in [-0.25, -0.2) is 4.39 Å². The van der Waals surface area contributed by atoms with Crippen molar-refractivity contribution < 1.29 is 18.3 Å². The van der Waals surface area contributed by atoms with E-state index >= 15 is 0 Å². The summed E-state index contributed by atoms with van der Waals surface area (Å²) in [5, 5.41) is 0.458. The molecule has 0 N–H and O–H groups in total. The largest absolute Gasteiger partial charge is 0.497 e. The minimum atomic E-state index is -0.320. The fourth-order valence-electron chi connectivity index (χ4n) is 3.24. The number of hydrogen-bond acceptors (Lipinski definition) is 4. The summed E-state index contributed by atoms with van der Waals surface area (Å²) < 4.78 is 30.5. The standard InChI is InChI=1S/C24H19FO4/c1-15-23(16-7-9-18(27-2)10-8-16)24(26)20-12-11-19(13-22(20)29-15)28-14-17-5-3-4-6-21(17)25/h3-13H,14H2,1-2H3. The predicted octanol–water partition coefficient (Wildman–Crippen LogP) is 5.50. The van der Waals surface area contributed by atoms with Crippen LogP contribution in [0.1, 0.15) is 11.3 Å². The molecule has 29 heavy (non-hydrogen) atoms. The van der Waals surface area contributed by atoms with E-state index in [1.807, 2.05) is 12.1 Å². The van der Waals surface area contributed by atoms with Gasteiger partial charge in [0.2, 0.25) is 5.43 Å². The van der Waals surface area contributed by atoms with E-state index in [1.54, 1.807) is 62.6 Å². The molecule has 0 aliphatic heterocycles. The Morgan fingerprint density at radius 2 is 1.69 bits per heavy atom. The fourth-order valence-corrected chi connectivity index (χ4v) is 3.24. The molecule has 0 fully saturated rings. The van der Waals surface area contributed by atoms with Crippen LogP contribution < -0.4 is 14.9 Å². The van der Waals surface area contributed by atoms with Crippen molar-refractivity contribution in [2.45, 2.75) is 13.5 Å². The Morgan fingerprint density at radius 1 is 0.966 bits per heavy atom. The van der Waals surface area contributed by atoms with Gasteiger partial charge in [0.05, 0.1) is 18.1 Å². The van der Waals surface area contributed by atoms with Gasteiger partial charge in [-0.05, 0) is 42.8 Å². The van der Waals surface area contributed by atoms with Gasteiger partial charge in [-0.3, -0.25) is 4.79 Å². The van der Waals surface area contributed by atoms with E-state index in [4.69, 9.17) is 13.9 Å². The first kappa shape index (κ1) is 18.7. The van der Waals surface area contributed by atoms with Crippen LogP contribution in [0.3, 0.4) is 0 Å². The first-order valence-electron chi connectivity index (χ1n) is 9.15. The average molecular weight is 390 g/mol. The molecule has 4 rings (SSSR count). The Labute approximate surface area is 167 Å². The van der Waals surface area contributed by atoms with Gasteiger partial charge in [0.25, 0.3) is 0 Å². The van der Waals surface area contributed by atoms with Crippen molar-refractivity contribution in [1.29, 1.82) is 0 Å². The maximum absolute atomic E-state index is 13.8. The maximum Gasteiger partial charge on any atom is 0.200 e. The van der Waals surface area contributed by atoms with Gasteiger partial charge in [-0.15, -0.1) is 0 Å². The quantitative estimate of drug-likeness (QED) is 0.452. The fraction of sp³-hybridized carbons (Fsp3) is 0.125. The lowest BCUT2D eigenvalue weighted by atomic mass is 10.0. The summed E-state index contributed by atoms with van der Waals surface area (Å²) in [5.74, 6) is 1.41. The molecule has 0 amide bonds. The highest BCUT2D eigenvalue weighted by Crippen LogP contribution is 2.28. The lowest BCUT2D eigenvalue weighted by Gasteiger charge is -2.10. The van der Waals surface area contributed by atoms with Crippen LogP contribution in [-0.4, -0.2) is 7.11 Å². The van der Waals surface area contributed by atoms with Gasteiger partial charge in [-0.1, -0.05) is 30.3 Å². The number of halogens is 1. The van der Waals surface area contributed by atoms with Crippen LogP contribution in [-0.2, 0) is 6.61 Å². The van der Waals surface area contributed by atoms with Gasteiger partial charge in [0.15, 0.2) is 0 Å². The minimum Gasteiger partial charge on any atom is -0.497 e. The summed E-state index contributed by atoms with van der Waals surface area (Å²) in [4.78, 5) is 13.1. The monoisotopic (exact) mass is 390 g/mol. The van der Waals surface area contributed by atoms with Crippen LogP contribution >= 0.6 is 0 Å². The van der Waals surface area contributed by atoms with E-state index in [2.05, 4.69) is 0 Å². The lowest BCUT2D eigenvalue weighted by Crippen LogP contribution is -2.07. The zero-order valence-corrected chi connectivity index (χ0v) is 16.1. The van der Waals surface area contributed by atoms with Crippen LogP contribution in [0.15, 0.2) is 75.9 Å². The minimum absolute atomic E-state index is 0.0886. The Bertz CT molecular complexity index is 1230. The van der Waals surface area contributed by atoms with Gasteiger partial charge < -0.3 is 13.9 Å². The van der Waals surface area contributed by atoms with Crippen LogP contribution in [0.2, 0.25) is 0 Å². The Kier molecular flexibility index (Phi) is 5.04. The second-order valence-corrected chi connectivity index (χ2v) is 6.63. The molecule has 0 atom stereocenters. The first-order chi connectivity index (χ1) is 14.1. The Hall–Kier alpha value is -3.60. The maximum atomic E-state index is 13.8. The SMILES string of the molecule is COc1ccc(-c2c(C)oc3cc(OCc4ccccc4F)ccc3c2=O)cc1. The molecule has 0 unspecified atom stereocenters. The molecule has 146 valence electrons. The van der Waals surface area contributed by atoms with Crippen LogP contribution in [0.25, 0.3) is 22.1 Å². The zero-order chi connectivity index (χ0) is 20.4. The van der Waals surface area contributed by atoms with E-state index in [0.717, 1.165) is 5.56 Å². The molecule has 5 heteroatoms. The Morgan fingerprint density at radius 3 is 2.41 bits per heavy atom. The first-order valence-corrected chi connectivity index (χ1v) is 9.15. The second-order valence-electron chi connectivity index (χ2n) is 6.63. The molecule has 1 heterocycles. The molecule has 0 aliphatic rings. The van der Waals surface area contributed by atoms with Crippen molar-refractivity contribution in [2.75, 3.05) is 7.11 Å². The molecular formula is C24H19FO4. The molecule has 1 aromatic heterocycles. The number of fused-ring (bicyclic) bond motifs is 1. The number of ether oxygens (including phenoxy) is 2. The van der Waals surface area contributed by atoms with E-state index in [9.17, 15) is 9.18 Å². The highest BCUT2D eigenvalue weighted by Gasteiger charge is 2.14. The molecule has 0 radical (unpaired) electrons. The van der Waals surface area contributed by atoms with Crippen molar-refractivity contribution in [1.82, 2.24) is 0 Å². The van der Waals surface area contributed by atoms with Crippen molar-refractivity contribution in [3.8, 4) is 22.6 Å². The normalized spacial score (nSPS) is 10.9. The van der Waals surface area contributed by atoms with E-state index < -0.39 is 0 Å². The molecule has 0 aliphatic carbocycles. The molecule has 4 nitrogen and oxygen atoms in total. The smallest absolute Gasteiger partial charge is 0.200 e. The van der Waals surface area contributed by atoms with Gasteiger partial charge in [0, 0.05) is 11.6 Å². The zero-order valence-electron chi connectivity index (χ0n) is 16.1. The molecule has 0 spiro atoms. The number of methoxy groups -OCH3 is 1. The molecular weight excluding hydrogens is 371 g/mol. The van der Waals surface area contributed by atoms with Crippen LogP contribution in [0, 0.1) is 12.7 Å². The lowest BCUT2D eigenvalue weighted by molar-refractivity contribution is 0.300. The third-order valence-corrected chi connectivity index (χ3v) is 4.77. The van der Waals surface area contributed by atoms with Crippen molar-refractivity contribution in [2.24, 2.45) is 0 Å². The van der Waals surface area contributed by atoms with Crippen molar-refractivity contribution in [3.63, 3.8) is 0 Å². The summed E-state index contributed by atoms with van der Waals surface area (Å²) in [5.41, 5.74) is 2.05. The van der Waals surface area contributed by atoms with E-state index in [1.165, 1.54) is 6.07 Å². The number of benzene rings is 3. The van der Waals surface area contributed by atoms with Gasteiger partial charge >= 0.3 is 0 Å². The van der Waals surface area contributed by atoms with Crippen molar-refractivity contribution >= 4 is 11.0 Å². The summed E-state index contributed by atoms with van der Waals surface area (Å²) >= 11 is 0. The molecule has 0 saturated heterocycles. The average Bonchev–Trinajstić information content (AvgIpc) is 2.73. The highest BCUT2D eigenvalue weighted by atomic mass is 19.1. The second kappa shape index (κ2) is 7.80. The van der Waals surface area contributed by atoms with Crippen molar-refractivity contribution in [3.05, 3.63) is 94.1 Å². The number of rotatable bonds is 5. The third kappa shape index (κ3) is 3.72. The van der Waals surface area contributed by atoms with E-state index in [0.29, 0.717) is 39.4 Å². The summed E-state index contributed by atoms with van der Waals surface area (Å²) in [6, 6.07) is 18.7. The summed E-state index contributed by atoms with van der Waals surface area (Å²) in [7, 11) is 1.59. The third-order valence-electron chi connectivity index (χ3n) is 4.77. The van der Waals surface area contributed by atoms with Crippen LogP contribution in [0.5, 0.6) is 11.5 Å². The Balaban J connectivity index is 1.68. The van der Waals surface area contributed by atoms with E-state index in [-0.39, 0.29) is 17.9 Å². The molecule has 0 saturated carbocycles. The summed E-state index contributed by atoms with van der Waals surface area (Å²) in [6.07, 6.45) is 0. The molecule has 4 aromatic rings. The highest BCUT2D eigenvalue weighted by molar-refractivity contribution is 5.83. The van der Waals surface area contributed by atoms with Gasteiger partial charge in [0.1, 0.15) is 35.3 Å².